The van der Waals surface area contributed by atoms with Crippen LogP contribution in [0.4, 0.5) is 0 Å². The zero-order valence-electron chi connectivity index (χ0n) is 15.6. The second-order valence-electron chi connectivity index (χ2n) is 7.25. The van der Waals surface area contributed by atoms with Gasteiger partial charge in [0.1, 0.15) is 22.5 Å². The van der Waals surface area contributed by atoms with Crippen LogP contribution in [0.2, 0.25) is 0 Å². The third kappa shape index (κ3) is 2.91. The maximum atomic E-state index is 11.8. The lowest BCUT2D eigenvalue weighted by Gasteiger charge is -2.43. The van der Waals surface area contributed by atoms with E-state index in [1.54, 1.807) is 19.9 Å². The van der Waals surface area contributed by atoms with Crippen molar-refractivity contribution in [2.24, 2.45) is 0 Å². The Morgan fingerprint density at radius 2 is 1.67 bits per heavy atom. The summed E-state index contributed by atoms with van der Waals surface area (Å²) in [6, 6.07) is 11.4. The molecule has 4 rings (SSSR count). The van der Waals surface area contributed by atoms with Crippen molar-refractivity contribution < 1.29 is 28.2 Å². The summed E-state index contributed by atoms with van der Waals surface area (Å²) in [4.78, 5) is 23.4. The fraction of sp³-hybridized carbons (Fsp3) is 0.333. The number of carbonyl (C=O) groups is 2. The molecule has 3 aromatic rings. The summed E-state index contributed by atoms with van der Waals surface area (Å²) in [6.45, 7) is 6.24. The molecule has 2 aromatic carbocycles. The number of fused-ring (bicyclic) bond motifs is 4. The van der Waals surface area contributed by atoms with Crippen LogP contribution in [0.3, 0.4) is 0 Å². The van der Waals surface area contributed by atoms with E-state index in [-0.39, 0.29) is 0 Å². The maximum absolute atomic E-state index is 11.8. The third-order valence-corrected chi connectivity index (χ3v) is 4.73. The first-order valence-electron chi connectivity index (χ1n) is 8.75. The van der Waals surface area contributed by atoms with Crippen molar-refractivity contribution in [1.29, 1.82) is 0 Å². The average Bonchev–Trinajstić information content (AvgIpc) is 2.93. The molecule has 0 saturated heterocycles. The van der Waals surface area contributed by atoms with Gasteiger partial charge in [-0.05, 0) is 26.0 Å². The Labute approximate surface area is 156 Å². The van der Waals surface area contributed by atoms with Crippen molar-refractivity contribution in [3.05, 3.63) is 42.0 Å². The number of para-hydroxylation sites is 1. The minimum absolute atomic E-state index is 0.460. The largest absolute Gasteiger partial charge is 0.483 e. The summed E-state index contributed by atoms with van der Waals surface area (Å²) in [6.07, 6.45) is -1.55. The molecule has 0 bridgehead atoms. The fourth-order valence-corrected chi connectivity index (χ4v) is 3.64. The number of ether oxygens (including phenoxy) is 3. The quantitative estimate of drug-likeness (QED) is 0.628. The highest BCUT2D eigenvalue weighted by Gasteiger charge is 2.48. The first-order valence-corrected chi connectivity index (χ1v) is 8.75. The highest BCUT2D eigenvalue weighted by Crippen LogP contribution is 2.46. The summed E-state index contributed by atoms with van der Waals surface area (Å²) < 4.78 is 23.1. The Morgan fingerprint density at radius 1 is 0.963 bits per heavy atom. The highest BCUT2D eigenvalue weighted by atomic mass is 16.6. The van der Waals surface area contributed by atoms with Gasteiger partial charge < -0.3 is 18.6 Å². The van der Waals surface area contributed by atoms with Crippen LogP contribution in [0.25, 0.3) is 21.9 Å². The molecule has 6 heteroatoms. The summed E-state index contributed by atoms with van der Waals surface area (Å²) in [5.74, 6) is -0.383. The van der Waals surface area contributed by atoms with Gasteiger partial charge in [0.25, 0.3) is 0 Å². The van der Waals surface area contributed by atoms with E-state index in [9.17, 15) is 9.59 Å². The van der Waals surface area contributed by atoms with Gasteiger partial charge >= 0.3 is 11.9 Å². The zero-order chi connectivity index (χ0) is 19.3. The van der Waals surface area contributed by atoms with E-state index in [0.29, 0.717) is 16.9 Å². The molecule has 140 valence electrons. The first kappa shape index (κ1) is 17.4. The molecule has 2 heterocycles. The standard InChI is InChI=1S/C21H20O6/c1-11(22)24-19-15-9-14-13-7-5-6-8-16(13)26-17(14)10-18(15)27-21(3,4)20(19)25-12(2)23/h5-10,19-20H,1-4H3/t19-,20-/m0/s1. The lowest BCUT2D eigenvalue weighted by Crippen LogP contribution is -2.51. The van der Waals surface area contributed by atoms with E-state index in [0.717, 1.165) is 16.4 Å². The second-order valence-corrected chi connectivity index (χ2v) is 7.25. The van der Waals surface area contributed by atoms with Crippen molar-refractivity contribution in [2.75, 3.05) is 0 Å². The SMILES string of the molecule is CC(=O)O[C@H]1c2cc3c(cc2OC(C)(C)[C@H]1OC(C)=O)oc1ccccc13. The predicted molar refractivity (Wildman–Crippen MR) is 98.5 cm³/mol. The highest BCUT2D eigenvalue weighted by molar-refractivity contribution is 6.05. The summed E-state index contributed by atoms with van der Waals surface area (Å²) in [5.41, 5.74) is 1.20. The molecular weight excluding hydrogens is 348 g/mol. The molecule has 0 unspecified atom stereocenters. The smallest absolute Gasteiger partial charge is 0.303 e. The van der Waals surface area contributed by atoms with Crippen LogP contribution in [0.15, 0.2) is 40.8 Å². The van der Waals surface area contributed by atoms with E-state index in [1.807, 2.05) is 30.3 Å². The Balaban J connectivity index is 1.94. The van der Waals surface area contributed by atoms with Gasteiger partial charge in [-0.15, -0.1) is 0 Å². The van der Waals surface area contributed by atoms with Crippen LogP contribution in [0, 0.1) is 0 Å². The lowest BCUT2D eigenvalue weighted by molar-refractivity contribution is -0.187. The van der Waals surface area contributed by atoms with E-state index < -0.39 is 29.7 Å². The molecule has 1 aliphatic heterocycles. The number of hydrogen-bond acceptors (Lipinski definition) is 6. The van der Waals surface area contributed by atoms with Gasteiger partial charge in [-0.1, -0.05) is 18.2 Å². The van der Waals surface area contributed by atoms with Gasteiger partial charge in [-0.2, -0.15) is 0 Å². The molecule has 0 N–H and O–H groups in total. The molecule has 0 saturated carbocycles. The Kier molecular flexibility index (Phi) is 3.87. The van der Waals surface area contributed by atoms with E-state index in [1.165, 1.54) is 13.8 Å². The normalized spacial score (nSPS) is 20.7. The van der Waals surface area contributed by atoms with E-state index >= 15 is 0 Å². The molecule has 27 heavy (non-hydrogen) atoms. The predicted octanol–water partition coefficient (Wildman–Crippen LogP) is 4.29. The fourth-order valence-electron chi connectivity index (χ4n) is 3.64. The Hall–Kier alpha value is -3.02. The molecule has 6 nitrogen and oxygen atoms in total. The monoisotopic (exact) mass is 368 g/mol. The minimum atomic E-state index is -0.890. The number of hydrogen-bond donors (Lipinski definition) is 0. The molecule has 1 aromatic heterocycles. The number of esters is 2. The lowest BCUT2D eigenvalue weighted by atomic mass is 9.87. The molecule has 0 amide bonds. The van der Waals surface area contributed by atoms with Crippen LogP contribution in [0.1, 0.15) is 39.4 Å². The molecule has 0 fully saturated rings. The zero-order valence-corrected chi connectivity index (χ0v) is 15.6. The van der Waals surface area contributed by atoms with Gasteiger partial charge in [-0.25, -0.2) is 0 Å². The molecule has 0 aliphatic carbocycles. The third-order valence-electron chi connectivity index (χ3n) is 4.73. The Morgan fingerprint density at radius 3 is 2.37 bits per heavy atom. The number of benzene rings is 2. The summed E-state index contributed by atoms with van der Waals surface area (Å²) in [7, 11) is 0. The van der Waals surface area contributed by atoms with Gasteiger partial charge in [0, 0.05) is 36.2 Å². The van der Waals surface area contributed by atoms with Crippen molar-refractivity contribution in [3.8, 4) is 5.75 Å². The van der Waals surface area contributed by atoms with E-state index in [2.05, 4.69) is 0 Å². The maximum Gasteiger partial charge on any atom is 0.303 e. The molecule has 1 aliphatic rings. The van der Waals surface area contributed by atoms with Crippen LogP contribution < -0.4 is 4.74 Å². The van der Waals surface area contributed by atoms with Crippen LogP contribution in [-0.2, 0) is 19.1 Å². The van der Waals surface area contributed by atoms with Crippen molar-refractivity contribution in [3.63, 3.8) is 0 Å². The van der Waals surface area contributed by atoms with Gasteiger partial charge in [0.15, 0.2) is 12.2 Å². The topological polar surface area (TPSA) is 75.0 Å². The molecular formula is C21H20O6. The van der Waals surface area contributed by atoms with Crippen LogP contribution in [-0.4, -0.2) is 23.6 Å². The van der Waals surface area contributed by atoms with Gasteiger partial charge in [0.2, 0.25) is 0 Å². The summed E-state index contributed by atoms with van der Waals surface area (Å²) >= 11 is 0. The Bertz CT molecular complexity index is 1060. The second kappa shape index (κ2) is 6.01. The average molecular weight is 368 g/mol. The first-order chi connectivity index (χ1) is 12.8. The minimum Gasteiger partial charge on any atom is -0.483 e. The number of carbonyl (C=O) groups excluding carboxylic acids is 2. The number of rotatable bonds is 2. The van der Waals surface area contributed by atoms with Crippen molar-refractivity contribution in [1.82, 2.24) is 0 Å². The van der Waals surface area contributed by atoms with Crippen LogP contribution >= 0.6 is 0 Å². The van der Waals surface area contributed by atoms with Gasteiger partial charge in [-0.3, -0.25) is 9.59 Å². The van der Waals surface area contributed by atoms with Gasteiger partial charge in [0.05, 0.1) is 0 Å². The van der Waals surface area contributed by atoms with Crippen molar-refractivity contribution >= 4 is 33.9 Å². The van der Waals surface area contributed by atoms with Crippen LogP contribution in [0.5, 0.6) is 5.75 Å². The van der Waals surface area contributed by atoms with E-state index in [4.69, 9.17) is 18.6 Å². The summed E-state index contributed by atoms with van der Waals surface area (Å²) in [5, 5.41) is 1.83. The van der Waals surface area contributed by atoms with Crippen molar-refractivity contribution in [2.45, 2.75) is 45.5 Å². The number of furan rings is 1. The molecule has 2 atom stereocenters. The molecule has 0 spiro atoms. The molecule has 0 radical (unpaired) electrons.